The zero-order valence-corrected chi connectivity index (χ0v) is 18.7. The first-order chi connectivity index (χ1) is 15.4. The highest BCUT2D eigenvalue weighted by atomic mass is 32.2. The highest BCUT2D eigenvalue weighted by Crippen LogP contribution is 2.28. The fourth-order valence-electron chi connectivity index (χ4n) is 3.59. The minimum atomic E-state index is -3.71. The molecule has 0 spiro atoms. The number of amides is 1. The molecule has 2 heterocycles. The number of ether oxygens (including phenoxy) is 2. The van der Waals surface area contributed by atoms with E-state index in [1.807, 2.05) is 30.3 Å². The van der Waals surface area contributed by atoms with E-state index in [1.165, 1.54) is 35.6 Å². The summed E-state index contributed by atoms with van der Waals surface area (Å²) in [7, 11) is -0.667. The third kappa shape index (κ3) is 4.19. The summed E-state index contributed by atoms with van der Waals surface area (Å²) in [6.07, 6.45) is 2.86. The number of piperazine rings is 1. The fraction of sp³-hybridized carbons (Fsp3) is 0.273. The molecular weight excluding hydrogens is 432 g/mol. The second-order valence-corrected chi connectivity index (χ2v) is 9.16. The smallest absolute Gasteiger partial charge is 0.254 e. The van der Waals surface area contributed by atoms with Crippen molar-refractivity contribution in [2.75, 3.05) is 40.4 Å². The Kier molecular flexibility index (Phi) is 6.15. The molecule has 1 aliphatic heterocycles. The zero-order chi connectivity index (χ0) is 22.7. The molecule has 0 radical (unpaired) electrons. The van der Waals surface area contributed by atoms with Crippen molar-refractivity contribution < 1.29 is 22.7 Å². The van der Waals surface area contributed by atoms with Crippen LogP contribution in [0.5, 0.6) is 11.5 Å². The Morgan fingerprint density at radius 2 is 1.62 bits per heavy atom. The van der Waals surface area contributed by atoms with Crippen molar-refractivity contribution in [2.24, 2.45) is 0 Å². The van der Waals surface area contributed by atoms with Gasteiger partial charge in [-0.25, -0.2) is 13.1 Å². The molecule has 0 saturated carbocycles. The van der Waals surface area contributed by atoms with E-state index >= 15 is 0 Å². The number of sulfonamides is 1. The van der Waals surface area contributed by atoms with Gasteiger partial charge in [0.25, 0.3) is 5.91 Å². The van der Waals surface area contributed by atoms with E-state index in [1.54, 1.807) is 23.1 Å². The van der Waals surface area contributed by atoms with Crippen LogP contribution in [0.1, 0.15) is 10.4 Å². The Morgan fingerprint density at radius 1 is 0.938 bits per heavy atom. The number of aromatic nitrogens is 2. The van der Waals surface area contributed by atoms with Crippen molar-refractivity contribution in [3.63, 3.8) is 0 Å². The molecule has 32 heavy (non-hydrogen) atoms. The lowest BCUT2D eigenvalue weighted by Gasteiger charge is -2.33. The number of hydrogen-bond acceptors (Lipinski definition) is 6. The molecule has 3 aromatic rings. The predicted molar refractivity (Wildman–Crippen MR) is 118 cm³/mol. The number of rotatable bonds is 6. The van der Waals surface area contributed by atoms with Gasteiger partial charge in [-0.3, -0.25) is 4.79 Å². The van der Waals surface area contributed by atoms with E-state index in [0.717, 1.165) is 5.69 Å². The molecule has 1 saturated heterocycles. The maximum absolute atomic E-state index is 13.1. The van der Waals surface area contributed by atoms with Crippen LogP contribution < -0.4 is 9.47 Å². The molecule has 2 aromatic carbocycles. The summed E-state index contributed by atoms with van der Waals surface area (Å²) in [4.78, 5) is 14.7. The number of nitrogens with zero attached hydrogens (tertiary/aromatic N) is 4. The third-order valence-electron chi connectivity index (χ3n) is 5.37. The molecule has 0 aliphatic carbocycles. The van der Waals surface area contributed by atoms with E-state index in [2.05, 4.69) is 5.10 Å². The monoisotopic (exact) mass is 456 g/mol. The number of carbonyl (C=O) groups is 1. The van der Waals surface area contributed by atoms with Crippen LogP contribution in [0.15, 0.2) is 65.8 Å². The van der Waals surface area contributed by atoms with Gasteiger partial charge in [0.1, 0.15) is 4.90 Å². The molecule has 4 rings (SSSR count). The first-order valence-corrected chi connectivity index (χ1v) is 11.5. The lowest BCUT2D eigenvalue weighted by atomic mass is 10.1. The molecule has 10 heteroatoms. The number of benzene rings is 2. The van der Waals surface area contributed by atoms with E-state index in [-0.39, 0.29) is 23.9 Å². The molecule has 0 bridgehead atoms. The number of para-hydroxylation sites is 1. The Balaban J connectivity index is 1.44. The highest BCUT2D eigenvalue weighted by molar-refractivity contribution is 7.89. The molecule has 1 aliphatic rings. The van der Waals surface area contributed by atoms with Crippen LogP contribution in [0.2, 0.25) is 0 Å². The summed E-state index contributed by atoms with van der Waals surface area (Å²) in [5.41, 5.74) is 1.24. The van der Waals surface area contributed by atoms with Crippen LogP contribution in [0.25, 0.3) is 5.69 Å². The van der Waals surface area contributed by atoms with Crippen molar-refractivity contribution in [3.8, 4) is 17.2 Å². The van der Waals surface area contributed by atoms with Gasteiger partial charge in [-0.05, 0) is 30.3 Å². The van der Waals surface area contributed by atoms with Gasteiger partial charge < -0.3 is 14.4 Å². The highest BCUT2D eigenvalue weighted by Gasteiger charge is 2.31. The average molecular weight is 457 g/mol. The van der Waals surface area contributed by atoms with Gasteiger partial charge in [0.15, 0.2) is 11.5 Å². The summed E-state index contributed by atoms with van der Waals surface area (Å²) in [5.74, 6) is 0.825. The summed E-state index contributed by atoms with van der Waals surface area (Å²) in [6.45, 7) is 0.994. The lowest BCUT2D eigenvalue weighted by Crippen LogP contribution is -2.50. The van der Waals surface area contributed by atoms with E-state index in [4.69, 9.17) is 9.47 Å². The summed E-state index contributed by atoms with van der Waals surface area (Å²) < 4.78 is 39.5. The van der Waals surface area contributed by atoms with Crippen LogP contribution in [0, 0.1) is 0 Å². The molecular formula is C22H24N4O5S. The molecule has 1 fully saturated rings. The van der Waals surface area contributed by atoms with Gasteiger partial charge >= 0.3 is 0 Å². The number of hydrogen-bond donors (Lipinski definition) is 0. The van der Waals surface area contributed by atoms with Crippen molar-refractivity contribution in [2.45, 2.75) is 4.90 Å². The summed E-state index contributed by atoms with van der Waals surface area (Å²) >= 11 is 0. The summed E-state index contributed by atoms with van der Waals surface area (Å²) in [5, 5.41) is 4.19. The van der Waals surface area contributed by atoms with Crippen LogP contribution >= 0.6 is 0 Å². The minimum absolute atomic E-state index is 0.126. The van der Waals surface area contributed by atoms with Crippen molar-refractivity contribution >= 4 is 15.9 Å². The van der Waals surface area contributed by atoms with Crippen LogP contribution in [-0.4, -0.2) is 73.7 Å². The second kappa shape index (κ2) is 9.01. The maximum atomic E-state index is 13.1. The Bertz CT molecular complexity index is 1200. The minimum Gasteiger partial charge on any atom is -0.493 e. The molecule has 9 nitrogen and oxygen atoms in total. The number of carbonyl (C=O) groups excluding carboxylic acids is 1. The summed E-state index contributed by atoms with van der Waals surface area (Å²) in [6, 6.07) is 14.3. The van der Waals surface area contributed by atoms with Crippen molar-refractivity contribution in [1.82, 2.24) is 19.0 Å². The van der Waals surface area contributed by atoms with Gasteiger partial charge in [0, 0.05) is 31.7 Å². The molecule has 1 amide bonds. The quantitative estimate of drug-likeness (QED) is 0.564. The first kappa shape index (κ1) is 21.8. The predicted octanol–water partition coefficient (Wildman–Crippen LogP) is 2.04. The molecule has 168 valence electrons. The normalized spacial score (nSPS) is 14.9. The van der Waals surface area contributed by atoms with Gasteiger partial charge in [-0.1, -0.05) is 18.2 Å². The van der Waals surface area contributed by atoms with Gasteiger partial charge in [-0.15, -0.1) is 0 Å². The topological polar surface area (TPSA) is 94.0 Å². The Morgan fingerprint density at radius 3 is 2.28 bits per heavy atom. The largest absolute Gasteiger partial charge is 0.493 e. The third-order valence-corrected chi connectivity index (χ3v) is 7.23. The van der Waals surface area contributed by atoms with Crippen LogP contribution in [-0.2, 0) is 10.0 Å². The average Bonchev–Trinajstić information content (AvgIpc) is 3.35. The van der Waals surface area contributed by atoms with Crippen molar-refractivity contribution in [1.29, 1.82) is 0 Å². The standard InChI is InChI=1S/C22H24N4O5S/c1-30-20-9-8-17(14-21(20)31-2)22(27)24-10-12-25(13-11-24)32(28,29)19-15-23-26(16-19)18-6-4-3-5-7-18/h3-9,14-16H,10-13H2,1-2H3. The zero-order valence-electron chi connectivity index (χ0n) is 17.8. The Hall–Kier alpha value is -3.37. The van der Waals surface area contributed by atoms with Gasteiger partial charge in [0.2, 0.25) is 10.0 Å². The van der Waals surface area contributed by atoms with Gasteiger partial charge in [0.05, 0.1) is 32.3 Å². The van der Waals surface area contributed by atoms with E-state index < -0.39 is 10.0 Å². The lowest BCUT2D eigenvalue weighted by molar-refractivity contribution is 0.0697. The first-order valence-electron chi connectivity index (χ1n) is 10.1. The fourth-order valence-corrected chi connectivity index (χ4v) is 4.95. The van der Waals surface area contributed by atoms with Gasteiger partial charge in [-0.2, -0.15) is 9.40 Å². The van der Waals surface area contributed by atoms with E-state index in [9.17, 15) is 13.2 Å². The SMILES string of the molecule is COc1ccc(C(=O)N2CCN(S(=O)(=O)c3cnn(-c4ccccc4)c3)CC2)cc1OC. The molecule has 0 atom stereocenters. The van der Waals surface area contributed by atoms with E-state index in [0.29, 0.717) is 30.2 Å². The molecule has 0 N–H and O–H groups in total. The van der Waals surface area contributed by atoms with Crippen molar-refractivity contribution in [3.05, 3.63) is 66.5 Å². The Labute approximate surface area is 186 Å². The maximum Gasteiger partial charge on any atom is 0.254 e. The van der Waals surface area contributed by atoms with Crippen LogP contribution in [0.4, 0.5) is 0 Å². The molecule has 1 aromatic heterocycles. The molecule has 0 unspecified atom stereocenters. The number of methoxy groups -OCH3 is 2. The second-order valence-electron chi connectivity index (χ2n) is 7.22. The van der Waals surface area contributed by atoms with Crippen LogP contribution in [0.3, 0.4) is 0 Å².